The summed E-state index contributed by atoms with van der Waals surface area (Å²) in [7, 11) is 0. The van der Waals surface area contributed by atoms with Gasteiger partial charge in [-0.1, -0.05) is 18.6 Å². The van der Waals surface area contributed by atoms with Crippen molar-refractivity contribution < 1.29 is 14.6 Å². The maximum absolute atomic E-state index is 11.8. The van der Waals surface area contributed by atoms with Crippen LogP contribution in [-0.2, 0) is 9.53 Å². The molecule has 1 rings (SSSR count). The zero-order valence-electron chi connectivity index (χ0n) is 13.5. The number of carbonyl (C=O) groups is 1. The molecule has 21 heavy (non-hydrogen) atoms. The van der Waals surface area contributed by atoms with E-state index in [0.29, 0.717) is 36.7 Å². The van der Waals surface area contributed by atoms with Crippen LogP contribution in [0.4, 0.5) is 0 Å². The second kappa shape index (κ2) is 9.43. The summed E-state index contributed by atoms with van der Waals surface area (Å²) >= 11 is 0. The monoisotopic (exact) mass is 292 g/mol. The zero-order valence-corrected chi connectivity index (χ0v) is 13.5. The van der Waals surface area contributed by atoms with Crippen molar-refractivity contribution in [3.63, 3.8) is 0 Å². The standard InChI is InChI=1S/C18H28O3/c1-14(2)6-4-7-15(3)8-5-13-21-18(20)16-9-11-17(19)12-10-16/h6,9,11,15,19H,4-5,7-8,10,12-13H2,1-3H3. The van der Waals surface area contributed by atoms with Gasteiger partial charge in [-0.25, -0.2) is 4.79 Å². The lowest BCUT2D eigenvalue weighted by atomic mass is 9.99. The quantitative estimate of drug-likeness (QED) is 0.395. The summed E-state index contributed by atoms with van der Waals surface area (Å²) < 4.78 is 5.28. The summed E-state index contributed by atoms with van der Waals surface area (Å²) in [5, 5.41) is 9.25. The van der Waals surface area contributed by atoms with Gasteiger partial charge < -0.3 is 9.84 Å². The van der Waals surface area contributed by atoms with Crippen molar-refractivity contribution in [1.29, 1.82) is 0 Å². The molecule has 0 aromatic rings. The molecule has 0 fully saturated rings. The molecule has 1 aliphatic rings. The van der Waals surface area contributed by atoms with Gasteiger partial charge in [0.25, 0.3) is 0 Å². The van der Waals surface area contributed by atoms with Gasteiger partial charge in [-0.3, -0.25) is 0 Å². The first-order valence-corrected chi connectivity index (χ1v) is 7.88. The molecular weight excluding hydrogens is 264 g/mol. The van der Waals surface area contributed by atoms with Crippen molar-refractivity contribution in [1.82, 2.24) is 0 Å². The van der Waals surface area contributed by atoms with E-state index in [1.54, 1.807) is 12.2 Å². The Bertz CT molecular complexity index is 426. The summed E-state index contributed by atoms with van der Waals surface area (Å²) in [6.45, 7) is 6.98. The van der Waals surface area contributed by atoms with Gasteiger partial charge in [-0.05, 0) is 64.0 Å². The van der Waals surface area contributed by atoms with Crippen LogP contribution in [-0.4, -0.2) is 17.7 Å². The summed E-state index contributed by atoms with van der Waals surface area (Å²) in [5.41, 5.74) is 2.03. The van der Waals surface area contributed by atoms with Gasteiger partial charge >= 0.3 is 5.97 Å². The average molecular weight is 292 g/mol. The van der Waals surface area contributed by atoms with E-state index >= 15 is 0 Å². The largest absolute Gasteiger partial charge is 0.512 e. The first-order valence-electron chi connectivity index (χ1n) is 7.88. The van der Waals surface area contributed by atoms with E-state index in [4.69, 9.17) is 4.74 Å². The molecule has 3 heteroatoms. The van der Waals surface area contributed by atoms with Crippen LogP contribution in [0.2, 0.25) is 0 Å². The molecule has 1 aliphatic carbocycles. The first-order chi connectivity index (χ1) is 9.99. The number of carbonyl (C=O) groups excluding carboxylic acids is 1. The van der Waals surface area contributed by atoms with Gasteiger partial charge in [0, 0.05) is 12.0 Å². The van der Waals surface area contributed by atoms with Crippen molar-refractivity contribution in [2.75, 3.05) is 6.61 Å². The normalized spacial score (nSPS) is 15.8. The molecule has 0 amide bonds. The number of esters is 1. The summed E-state index contributed by atoms with van der Waals surface area (Å²) in [4.78, 5) is 11.8. The third-order valence-corrected chi connectivity index (χ3v) is 3.68. The highest BCUT2D eigenvalue weighted by Crippen LogP contribution is 2.18. The van der Waals surface area contributed by atoms with Crippen molar-refractivity contribution in [3.8, 4) is 0 Å². The lowest BCUT2D eigenvalue weighted by molar-refractivity contribution is -0.139. The van der Waals surface area contributed by atoms with Crippen LogP contribution in [0.1, 0.15) is 59.3 Å². The summed E-state index contributed by atoms with van der Waals surface area (Å²) in [6, 6.07) is 0. The van der Waals surface area contributed by atoms with E-state index in [1.807, 2.05) is 0 Å². The Balaban J connectivity index is 2.13. The van der Waals surface area contributed by atoms with E-state index in [2.05, 4.69) is 26.8 Å². The maximum atomic E-state index is 11.8. The number of rotatable bonds is 8. The fourth-order valence-corrected chi connectivity index (χ4v) is 2.29. The minimum Gasteiger partial charge on any atom is -0.512 e. The van der Waals surface area contributed by atoms with Gasteiger partial charge in [0.15, 0.2) is 0 Å². The second-order valence-electron chi connectivity index (χ2n) is 6.09. The second-order valence-corrected chi connectivity index (χ2v) is 6.09. The molecule has 1 unspecified atom stereocenters. The minimum atomic E-state index is -0.240. The summed E-state index contributed by atoms with van der Waals surface area (Å²) in [6.07, 6.45) is 10.9. The SMILES string of the molecule is CC(C)=CCCC(C)CCCOC(=O)C1=CC=C(O)CC1. The van der Waals surface area contributed by atoms with Gasteiger partial charge in [0.05, 0.1) is 12.4 Å². The fraction of sp³-hybridized carbons (Fsp3) is 0.611. The van der Waals surface area contributed by atoms with Crippen molar-refractivity contribution in [2.45, 2.75) is 59.3 Å². The Morgan fingerprint density at radius 2 is 2.10 bits per heavy atom. The van der Waals surface area contributed by atoms with Crippen LogP contribution in [0.15, 0.2) is 35.1 Å². The molecule has 0 bridgehead atoms. The van der Waals surface area contributed by atoms with Crippen molar-refractivity contribution in [2.24, 2.45) is 5.92 Å². The zero-order chi connectivity index (χ0) is 15.7. The Morgan fingerprint density at radius 1 is 1.33 bits per heavy atom. The molecule has 3 nitrogen and oxygen atoms in total. The first kappa shape index (κ1) is 17.5. The molecule has 1 atom stereocenters. The number of ether oxygens (including phenoxy) is 1. The van der Waals surface area contributed by atoms with Crippen LogP contribution in [0.5, 0.6) is 0 Å². The molecule has 0 aromatic heterocycles. The van der Waals surface area contributed by atoms with E-state index < -0.39 is 0 Å². The predicted octanol–water partition coefficient (Wildman–Crippen LogP) is 4.85. The maximum Gasteiger partial charge on any atom is 0.334 e. The number of hydrogen-bond donors (Lipinski definition) is 1. The highest BCUT2D eigenvalue weighted by molar-refractivity contribution is 5.89. The molecule has 0 aliphatic heterocycles. The van der Waals surface area contributed by atoms with E-state index in [9.17, 15) is 9.90 Å². The topological polar surface area (TPSA) is 46.5 Å². The molecular formula is C18H28O3. The summed E-state index contributed by atoms with van der Waals surface area (Å²) in [5.74, 6) is 0.751. The molecule has 0 spiro atoms. The van der Waals surface area contributed by atoms with Gasteiger partial charge in [-0.2, -0.15) is 0 Å². The van der Waals surface area contributed by atoms with Gasteiger partial charge in [0.1, 0.15) is 0 Å². The highest BCUT2D eigenvalue weighted by Gasteiger charge is 2.14. The Morgan fingerprint density at radius 3 is 2.71 bits per heavy atom. The number of aliphatic hydroxyl groups excluding tert-OH is 1. The van der Waals surface area contributed by atoms with E-state index in [0.717, 1.165) is 19.3 Å². The molecule has 118 valence electrons. The minimum absolute atomic E-state index is 0.240. The molecule has 0 saturated carbocycles. The van der Waals surface area contributed by atoms with Crippen LogP contribution in [0.3, 0.4) is 0 Å². The molecule has 0 heterocycles. The third-order valence-electron chi connectivity index (χ3n) is 3.68. The Hall–Kier alpha value is -1.51. The van der Waals surface area contributed by atoms with Gasteiger partial charge in [0.2, 0.25) is 0 Å². The number of allylic oxidation sites excluding steroid dienone is 5. The van der Waals surface area contributed by atoms with Crippen LogP contribution < -0.4 is 0 Å². The highest BCUT2D eigenvalue weighted by atomic mass is 16.5. The smallest absolute Gasteiger partial charge is 0.334 e. The molecule has 0 saturated heterocycles. The predicted molar refractivity (Wildman–Crippen MR) is 86.1 cm³/mol. The molecule has 1 N–H and O–H groups in total. The van der Waals surface area contributed by atoms with E-state index in [-0.39, 0.29) is 5.97 Å². The van der Waals surface area contributed by atoms with Gasteiger partial charge in [-0.15, -0.1) is 0 Å². The molecule has 0 aromatic carbocycles. The lowest BCUT2D eigenvalue weighted by Crippen LogP contribution is -2.11. The number of hydrogen-bond acceptors (Lipinski definition) is 3. The fourth-order valence-electron chi connectivity index (χ4n) is 2.29. The van der Waals surface area contributed by atoms with Crippen LogP contribution in [0.25, 0.3) is 0 Å². The number of aliphatic hydroxyl groups is 1. The van der Waals surface area contributed by atoms with Crippen LogP contribution >= 0.6 is 0 Å². The lowest BCUT2D eigenvalue weighted by Gasteiger charge is -2.12. The Labute approximate surface area is 128 Å². The Kier molecular flexibility index (Phi) is 7.88. The average Bonchev–Trinajstić information content (AvgIpc) is 2.43. The third kappa shape index (κ3) is 7.74. The van der Waals surface area contributed by atoms with Crippen molar-refractivity contribution >= 4 is 5.97 Å². The molecule has 0 radical (unpaired) electrons. The van der Waals surface area contributed by atoms with E-state index in [1.165, 1.54) is 12.0 Å². The van der Waals surface area contributed by atoms with Crippen LogP contribution in [0, 0.1) is 5.92 Å². The van der Waals surface area contributed by atoms with Crippen molar-refractivity contribution in [3.05, 3.63) is 35.1 Å².